The van der Waals surface area contributed by atoms with E-state index < -0.39 is 5.91 Å². The average molecular weight is 500 g/mol. The predicted molar refractivity (Wildman–Crippen MR) is 134 cm³/mol. The van der Waals surface area contributed by atoms with Crippen LogP contribution < -0.4 is 15.6 Å². The van der Waals surface area contributed by atoms with Gasteiger partial charge in [-0.1, -0.05) is 20.8 Å². The van der Waals surface area contributed by atoms with Gasteiger partial charge in [0.2, 0.25) is 0 Å². The van der Waals surface area contributed by atoms with Gasteiger partial charge in [0.1, 0.15) is 12.3 Å². The van der Waals surface area contributed by atoms with Crippen molar-refractivity contribution in [3.8, 4) is 17.1 Å². The van der Waals surface area contributed by atoms with Crippen molar-refractivity contribution in [3.05, 3.63) is 50.4 Å². The number of rotatable bonds is 5. The number of aromatic nitrogens is 3. The van der Waals surface area contributed by atoms with E-state index in [0.717, 1.165) is 24.8 Å². The Labute approximate surface area is 207 Å². The number of ether oxygens (including phenoxy) is 1. The van der Waals surface area contributed by atoms with Crippen molar-refractivity contribution in [2.45, 2.75) is 46.6 Å². The summed E-state index contributed by atoms with van der Waals surface area (Å²) >= 11 is 6.80. The summed E-state index contributed by atoms with van der Waals surface area (Å²) < 4.78 is 7.07. The van der Waals surface area contributed by atoms with Crippen molar-refractivity contribution in [2.75, 3.05) is 7.11 Å². The minimum Gasteiger partial charge on any atom is -0.497 e. The lowest BCUT2D eigenvalue weighted by atomic mass is 9.72. The Morgan fingerprint density at radius 1 is 1.26 bits per heavy atom. The summed E-state index contributed by atoms with van der Waals surface area (Å²) in [6.07, 6.45) is 3.12. The number of aryl methyl sites for hydroxylation is 1. The van der Waals surface area contributed by atoms with Gasteiger partial charge in [-0.25, -0.2) is 0 Å². The Morgan fingerprint density at radius 2 is 2.00 bits per heavy atom. The highest BCUT2D eigenvalue weighted by Crippen LogP contribution is 2.40. The molecule has 1 aliphatic carbocycles. The zero-order valence-electron chi connectivity index (χ0n) is 19.7. The van der Waals surface area contributed by atoms with E-state index in [4.69, 9.17) is 17.0 Å². The molecule has 0 fully saturated rings. The monoisotopic (exact) mass is 499 g/mol. The second-order valence-electron chi connectivity index (χ2n) is 9.53. The summed E-state index contributed by atoms with van der Waals surface area (Å²) in [4.78, 5) is 27.1. The highest BCUT2D eigenvalue weighted by atomic mass is 32.1. The van der Waals surface area contributed by atoms with Crippen LogP contribution >= 0.6 is 23.6 Å². The molecular weight excluding hydrogens is 470 g/mol. The third kappa shape index (κ3) is 5.23. The molecule has 4 rings (SSSR count). The number of hydrazine groups is 1. The van der Waals surface area contributed by atoms with Crippen LogP contribution in [0.5, 0.6) is 5.75 Å². The number of nitrogens with one attached hydrogen (secondary N) is 3. The zero-order valence-corrected chi connectivity index (χ0v) is 21.4. The van der Waals surface area contributed by atoms with Crippen molar-refractivity contribution in [2.24, 2.45) is 11.3 Å². The Hall–Kier alpha value is -2.98. The topological polar surface area (TPSA) is 101 Å². The predicted octanol–water partition coefficient (Wildman–Crippen LogP) is 4.29. The fourth-order valence-corrected chi connectivity index (χ4v) is 5.47. The van der Waals surface area contributed by atoms with E-state index in [0.29, 0.717) is 27.1 Å². The van der Waals surface area contributed by atoms with Gasteiger partial charge in [0.15, 0.2) is 10.6 Å². The van der Waals surface area contributed by atoms with Gasteiger partial charge >= 0.3 is 0 Å². The smallest absolute Gasteiger partial charge is 0.279 e. The Kier molecular flexibility index (Phi) is 6.90. The van der Waals surface area contributed by atoms with Gasteiger partial charge in [0.05, 0.1) is 12.0 Å². The van der Waals surface area contributed by atoms with Gasteiger partial charge in [-0.15, -0.1) is 11.3 Å². The lowest BCUT2D eigenvalue weighted by molar-refractivity contribution is -0.122. The molecule has 1 unspecified atom stereocenters. The summed E-state index contributed by atoms with van der Waals surface area (Å²) in [5.41, 5.74) is 7.31. The molecular formula is C24H29N5O3S2. The molecule has 10 heteroatoms. The number of amides is 2. The number of thiophene rings is 1. The highest BCUT2D eigenvalue weighted by molar-refractivity contribution is 7.71. The molecule has 0 radical (unpaired) electrons. The molecule has 8 nitrogen and oxygen atoms in total. The van der Waals surface area contributed by atoms with Crippen LogP contribution in [0, 0.1) is 16.1 Å². The molecule has 2 heterocycles. The average Bonchev–Trinajstić information content (AvgIpc) is 3.40. The van der Waals surface area contributed by atoms with Crippen LogP contribution in [0.25, 0.3) is 11.4 Å². The van der Waals surface area contributed by atoms with Crippen LogP contribution in [0.15, 0.2) is 30.3 Å². The Balaban J connectivity index is 1.38. The minimum atomic E-state index is -0.408. The summed E-state index contributed by atoms with van der Waals surface area (Å²) in [6.45, 7) is 6.71. The summed E-state index contributed by atoms with van der Waals surface area (Å²) in [7, 11) is 1.59. The van der Waals surface area contributed by atoms with E-state index >= 15 is 0 Å². The fourth-order valence-electron chi connectivity index (χ4n) is 4.17. The van der Waals surface area contributed by atoms with Gasteiger partial charge in [0, 0.05) is 10.4 Å². The molecule has 34 heavy (non-hydrogen) atoms. The van der Waals surface area contributed by atoms with E-state index in [1.54, 1.807) is 11.7 Å². The van der Waals surface area contributed by atoms with E-state index in [1.165, 1.54) is 21.8 Å². The van der Waals surface area contributed by atoms with E-state index in [-0.39, 0.29) is 17.9 Å². The first-order valence-corrected chi connectivity index (χ1v) is 12.4. The first kappa shape index (κ1) is 24.2. The van der Waals surface area contributed by atoms with Crippen LogP contribution in [0.3, 0.4) is 0 Å². The third-order valence-electron chi connectivity index (χ3n) is 6.26. The molecule has 0 aliphatic heterocycles. The molecule has 2 aromatic heterocycles. The number of benzene rings is 1. The molecule has 0 saturated heterocycles. The summed E-state index contributed by atoms with van der Waals surface area (Å²) in [6, 6.07) is 9.25. The minimum absolute atomic E-state index is 0.0921. The van der Waals surface area contributed by atoms with Crippen molar-refractivity contribution >= 4 is 35.4 Å². The Bertz CT molecular complexity index is 1250. The molecule has 0 bridgehead atoms. The van der Waals surface area contributed by atoms with E-state index in [9.17, 15) is 9.59 Å². The molecule has 1 atom stereocenters. The van der Waals surface area contributed by atoms with E-state index in [1.807, 2.05) is 30.3 Å². The number of aromatic amines is 1. The van der Waals surface area contributed by atoms with Gasteiger partial charge in [-0.05, 0) is 78.7 Å². The lowest BCUT2D eigenvalue weighted by Gasteiger charge is -2.33. The number of fused-ring (bicyclic) bond motifs is 1. The maximum atomic E-state index is 12.7. The van der Waals surface area contributed by atoms with Crippen molar-refractivity contribution < 1.29 is 14.3 Å². The van der Waals surface area contributed by atoms with Crippen LogP contribution in [0.2, 0.25) is 0 Å². The number of carbonyl (C=O) groups is 2. The second-order valence-corrected chi connectivity index (χ2v) is 11.1. The number of H-pyrrole nitrogens is 1. The van der Waals surface area contributed by atoms with Crippen molar-refractivity contribution in [3.63, 3.8) is 0 Å². The zero-order chi connectivity index (χ0) is 24.5. The number of hydrogen-bond donors (Lipinski definition) is 3. The molecule has 3 N–H and O–H groups in total. The normalized spacial score (nSPS) is 15.5. The lowest BCUT2D eigenvalue weighted by Crippen LogP contribution is -2.43. The van der Waals surface area contributed by atoms with Crippen LogP contribution in [0.1, 0.15) is 47.3 Å². The van der Waals surface area contributed by atoms with Crippen LogP contribution in [-0.4, -0.2) is 33.7 Å². The van der Waals surface area contributed by atoms with Crippen LogP contribution in [-0.2, 0) is 24.2 Å². The van der Waals surface area contributed by atoms with Crippen molar-refractivity contribution in [1.82, 2.24) is 25.6 Å². The van der Waals surface area contributed by atoms with Crippen LogP contribution in [0.4, 0.5) is 0 Å². The maximum Gasteiger partial charge on any atom is 0.279 e. The fraction of sp³-hybridized carbons (Fsp3) is 0.417. The Morgan fingerprint density at radius 3 is 2.68 bits per heavy atom. The highest BCUT2D eigenvalue weighted by Gasteiger charge is 2.30. The molecule has 1 aromatic carbocycles. The number of methoxy groups -OCH3 is 1. The first-order chi connectivity index (χ1) is 16.2. The SMILES string of the molecule is COc1ccc(-c2n[nH]c(=S)n2CC(=O)NNC(=O)c2cc3c(s2)CCC(C(C)(C)C)C3)cc1. The molecule has 3 aromatic rings. The van der Waals surface area contributed by atoms with Gasteiger partial charge in [-0.2, -0.15) is 5.10 Å². The maximum absolute atomic E-state index is 12.7. The van der Waals surface area contributed by atoms with E-state index in [2.05, 4.69) is 41.8 Å². The quantitative estimate of drug-likeness (QED) is 0.359. The standard InChI is InChI=1S/C24H29N5O3S2/c1-24(2,3)16-7-10-18-15(11-16)12-19(34-18)22(31)27-25-20(30)13-29-21(26-28-23(29)33)14-5-8-17(32-4)9-6-14/h5-6,8-9,12,16H,7,10-11,13H2,1-4H3,(H,25,30)(H,27,31)(H,28,33). The molecule has 0 spiro atoms. The second kappa shape index (κ2) is 9.71. The summed E-state index contributed by atoms with van der Waals surface area (Å²) in [5.74, 6) is 1.12. The first-order valence-electron chi connectivity index (χ1n) is 11.2. The molecule has 180 valence electrons. The van der Waals surface area contributed by atoms with Gasteiger partial charge in [0.25, 0.3) is 11.8 Å². The summed E-state index contributed by atoms with van der Waals surface area (Å²) in [5, 5.41) is 6.96. The van der Waals surface area contributed by atoms with Gasteiger partial charge in [-0.3, -0.25) is 30.1 Å². The van der Waals surface area contributed by atoms with Crippen molar-refractivity contribution in [1.29, 1.82) is 0 Å². The molecule has 2 amide bonds. The number of nitrogens with zero attached hydrogens (tertiary/aromatic N) is 2. The number of hydrogen-bond acceptors (Lipinski definition) is 6. The largest absolute Gasteiger partial charge is 0.497 e. The molecule has 1 aliphatic rings. The molecule has 0 saturated carbocycles. The number of carbonyl (C=O) groups excluding carboxylic acids is 2. The third-order valence-corrected chi connectivity index (χ3v) is 7.80. The van der Waals surface area contributed by atoms with Gasteiger partial charge < -0.3 is 4.74 Å².